The van der Waals surface area contributed by atoms with Crippen LogP contribution in [0.5, 0.6) is 11.5 Å². The summed E-state index contributed by atoms with van der Waals surface area (Å²) in [6.07, 6.45) is 0.267. The molecule has 0 aromatic heterocycles. The molecule has 0 aliphatic rings. The van der Waals surface area contributed by atoms with E-state index in [0.717, 1.165) is 5.56 Å². The Kier molecular flexibility index (Phi) is 6.81. The van der Waals surface area contributed by atoms with Crippen LogP contribution in [0.25, 0.3) is 0 Å². The Balaban J connectivity index is 2.33. The van der Waals surface area contributed by atoms with Gasteiger partial charge in [0.25, 0.3) is 0 Å². The normalized spacial score (nSPS) is 12.3. The zero-order valence-electron chi connectivity index (χ0n) is 15.8. The molecule has 0 saturated heterocycles. The minimum Gasteiger partial charge on any atom is -0.496 e. The zero-order valence-corrected chi connectivity index (χ0v) is 16.6. The van der Waals surface area contributed by atoms with Crippen molar-refractivity contribution in [3.63, 3.8) is 0 Å². The summed E-state index contributed by atoms with van der Waals surface area (Å²) in [6, 6.07) is 11.0. The molecule has 146 valence electrons. The van der Waals surface area contributed by atoms with Gasteiger partial charge >= 0.3 is 0 Å². The average Bonchev–Trinajstić information content (AvgIpc) is 2.67. The smallest absolute Gasteiger partial charge is 0.241 e. The van der Waals surface area contributed by atoms with Gasteiger partial charge in [-0.15, -0.1) is 0 Å². The third-order valence-electron chi connectivity index (χ3n) is 4.01. The van der Waals surface area contributed by atoms with Crippen molar-refractivity contribution in [1.29, 1.82) is 0 Å². The highest BCUT2D eigenvalue weighted by Gasteiger charge is 2.22. The molecular formula is C19H24N2O5S. The number of amides is 1. The largest absolute Gasteiger partial charge is 0.496 e. The molecule has 1 amide bonds. The van der Waals surface area contributed by atoms with Gasteiger partial charge in [-0.1, -0.05) is 25.1 Å². The number of methoxy groups -OCH3 is 2. The zero-order chi connectivity index (χ0) is 20.0. The van der Waals surface area contributed by atoms with Crippen LogP contribution in [-0.4, -0.2) is 28.5 Å². The number of nitrogens with one attached hydrogen (secondary N) is 2. The topological polar surface area (TPSA) is 93.7 Å². The molecule has 0 bridgehead atoms. The highest BCUT2D eigenvalue weighted by atomic mass is 32.2. The van der Waals surface area contributed by atoms with E-state index in [2.05, 4.69) is 10.0 Å². The van der Waals surface area contributed by atoms with Gasteiger partial charge in [0, 0.05) is 18.0 Å². The van der Waals surface area contributed by atoms with Gasteiger partial charge in [0.2, 0.25) is 15.9 Å². The van der Waals surface area contributed by atoms with Crippen molar-refractivity contribution in [2.24, 2.45) is 0 Å². The molecule has 2 aromatic carbocycles. The van der Waals surface area contributed by atoms with Crippen molar-refractivity contribution < 1.29 is 22.7 Å². The lowest BCUT2D eigenvalue weighted by Gasteiger charge is -2.18. The van der Waals surface area contributed by atoms with E-state index in [4.69, 9.17) is 9.47 Å². The van der Waals surface area contributed by atoms with Gasteiger partial charge in [-0.25, -0.2) is 13.1 Å². The summed E-state index contributed by atoms with van der Waals surface area (Å²) in [5.41, 5.74) is 1.02. The minimum absolute atomic E-state index is 0.0245. The van der Waals surface area contributed by atoms with Crippen LogP contribution in [0.3, 0.4) is 0 Å². The predicted molar refractivity (Wildman–Crippen MR) is 104 cm³/mol. The number of sulfonamides is 1. The van der Waals surface area contributed by atoms with Gasteiger partial charge in [0.15, 0.2) is 0 Å². The summed E-state index contributed by atoms with van der Waals surface area (Å²) >= 11 is 0. The lowest BCUT2D eigenvalue weighted by molar-refractivity contribution is -0.115. The van der Waals surface area contributed by atoms with E-state index in [1.54, 1.807) is 26.0 Å². The van der Waals surface area contributed by atoms with Crippen molar-refractivity contribution in [2.45, 2.75) is 31.2 Å². The van der Waals surface area contributed by atoms with Crippen molar-refractivity contribution in [3.05, 3.63) is 48.0 Å². The molecule has 2 aromatic rings. The number of hydrogen-bond donors (Lipinski definition) is 2. The van der Waals surface area contributed by atoms with Crippen LogP contribution in [0.4, 0.5) is 5.69 Å². The lowest BCUT2D eigenvalue weighted by atomic mass is 10.1. The molecule has 7 nitrogen and oxygen atoms in total. The van der Waals surface area contributed by atoms with Crippen LogP contribution in [0.1, 0.15) is 31.9 Å². The van der Waals surface area contributed by atoms with Crippen LogP contribution < -0.4 is 19.5 Å². The van der Waals surface area contributed by atoms with Crippen molar-refractivity contribution >= 4 is 21.6 Å². The Hall–Kier alpha value is -2.58. The number of ether oxygens (including phenoxy) is 2. The molecule has 2 N–H and O–H groups in total. The van der Waals surface area contributed by atoms with Crippen molar-refractivity contribution in [1.82, 2.24) is 4.72 Å². The summed E-state index contributed by atoms with van der Waals surface area (Å²) in [6.45, 7) is 3.44. The summed E-state index contributed by atoms with van der Waals surface area (Å²) in [5.74, 6) is 0.741. The molecule has 8 heteroatoms. The van der Waals surface area contributed by atoms with Gasteiger partial charge in [-0.3, -0.25) is 4.79 Å². The Bertz CT molecular complexity index is 912. The number of hydrogen-bond acceptors (Lipinski definition) is 5. The molecule has 0 heterocycles. The van der Waals surface area contributed by atoms with Crippen LogP contribution in [0.15, 0.2) is 47.4 Å². The predicted octanol–water partition coefficient (Wildman–Crippen LogP) is 3.09. The van der Waals surface area contributed by atoms with Gasteiger partial charge in [0.1, 0.15) is 11.5 Å². The van der Waals surface area contributed by atoms with E-state index in [1.807, 2.05) is 12.1 Å². The van der Waals surface area contributed by atoms with Crippen molar-refractivity contribution in [2.75, 3.05) is 19.5 Å². The van der Waals surface area contributed by atoms with Gasteiger partial charge < -0.3 is 14.8 Å². The summed E-state index contributed by atoms with van der Waals surface area (Å²) in [4.78, 5) is 11.7. The van der Waals surface area contributed by atoms with E-state index < -0.39 is 16.1 Å². The molecule has 27 heavy (non-hydrogen) atoms. The highest BCUT2D eigenvalue weighted by molar-refractivity contribution is 7.89. The van der Waals surface area contributed by atoms with E-state index in [-0.39, 0.29) is 17.2 Å². The number of benzene rings is 2. The van der Waals surface area contributed by atoms with E-state index in [9.17, 15) is 13.2 Å². The molecule has 0 radical (unpaired) electrons. The first-order chi connectivity index (χ1) is 12.8. The fourth-order valence-electron chi connectivity index (χ4n) is 2.58. The standard InChI is InChI=1S/C19H24N2O5S/c1-5-19(22)20-16-12-14(10-11-18(16)26-4)27(23,24)21-13(2)15-8-6-7-9-17(15)25-3/h6-13,21H,5H2,1-4H3,(H,20,22). The van der Waals surface area contributed by atoms with Gasteiger partial charge in [0.05, 0.1) is 24.8 Å². The quantitative estimate of drug-likeness (QED) is 0.720. The second-order valence-electron chi connectivity index (χ2n) is 5.85. The number of carbonyl (C=O) groups is 1. The minimum atomic E-state index is -3.84. The molecule has 0 saturated carbocycles. The summed E-state index contributed by atoms with van der Waals surface area (Å²) in [5, 5.41) is 2.65. The molecular weight excluding hydrogens is 368 g/mol. The molecule has 0 aliphatic carbocycles. The second-order valence-corrected chi connectivity index (χ2v) is 7.56. The van der Waals surface area contributed by atoms with Crippen LogP contribution in [0, 0.1) is 0 Å². The summed E-state index contributed by atoms with van der Waals surface area (Å²) < 4.78 is 38.8. The van der Waals surface area contributed by atoms with Crippen LogP contribution in [0.2, 0.25) is 0 Å². The SMILES string of the molecule is CCC(=O)Nc1cc(S(=O)(=O)NC(C)c2ccccc2OC)ccc1OC. The highest BCUT2D eigenvalue weighted by Crippen LogP contribution is 2.30. The molecule has 0 aliphatic heterocycles. The third kappa shape index (κ3) is 4.99. The molecule has 1 atom stereocenters. The van der Waals surface area contributed by atoms with Gasteiger partial charge in [-0.05, 0) is 31.2 Å². The Labute approximate surface area is 159 Å². The Morgan fingerprint density at radius 2 is 1.74 bits per heavy atom. The maximum atomic E-state index is 12.8. The molecule has 0 fully saturated rings. The second kappa shape index (κ2) is 8.88. The fraction of sp³-hybridized carbons (Fsp3) is 0.316. The monoisotopic (exact) mass is 392 g/mol. The Morgan fingerprint density at radius 1 is 1.07 bits per heavy atom. The van der Waals surface area contributed by atoms with Gasteiger partial charge in [-0.2, -0.15) is 0 Å². The van der Waals surface area contributed by atoms with E-state index in [0.29, 0.717) is 17.2 Å². The number of rotatable bonds is 8. The maximum Gasteiger partial charge on any atom is 0.241 e. The molecule has 2 rings (SSSR count). The first-order valence-corrected chi connectivity index (χ1v) is 9.93. The number of carbonyl (C=O) groups excluding carboxylic acids is 1. The van der Waals surface area contributed by atoms with E-state index in [1.165, 1.54) is 32.4 Å². The maximum absolute atomic E-state index is 12.8. The Morgan fingerprint density at radius 3 is 2.37 bits per heavy atom. The van der Waals surface area contributed by atoms with Crippen LogP contribution >= 0.6 is 0 Å². The first kappa shape index (κ1) is 20.7. The number of para-hydroxylation sites is 1. The molecule has 0 spiro atoms. The third-order valence-corrected chi connectivity index (χ3v) is 5.55. The fourth-order valence-corrected chi connectivity index (χ4v) is 3.83. The first-order valence-electron chi connectivity index (χ1n) is 8.45. The lowest BCUT2D eigenvalue weighted by Crippen LogP contribution is -2.27. The van der Waals surface area contributed by atoms with Crippen molar-refractivity contribution in [3.8, 4) is 11.5 Å². The van der Waals surface area contributed by atoms with Crippen LogP contribution in [-0.2, 0) is 14.8 Å². The average molecular weight is 392 g/mol. The summed E-state index contributed by atoms with van der Waals surface area (Å²) in [7, 11) is -0.850. The molecule has 1 unspecified atom stereocenters. The number of anilines is 1. The van der Waals surface area contributed by atoms with E-state index >= 15 is 0 Å².